The maximum absolute atomic E-state index is 11.5. The first-order chi connectivity index (χ1) is 18.5. The van der Waals surface area contributed by atoms with E-state index in [2.05, 4.69) is 46.6 Å². The molecular formula is C30H49N5O3S. The van der Waals surface area contributed by atoms with Gasteiger partial charge in [0.1, 0.15) is 6.29 Å². The van der Waals surface area contributed by atoms with Crippen LogP contribution in [-0.4, -0.2) is 60.7 Å². The molecule has 2 unspecified atom stereocenters. The van der Waals surface area contributed by atoms with Gasteiger partial charge >= 0.3 is 0 Å². The van der Waals surface area contributed by atoms with Crippen molar-refractivity contribution in [1.82, 2.24) is 20.5 Å². The number of likely N-dealkylation sites (tertiary alicyclic amines) is 1. The second-order valence-electron chi connectivity index (χ2n) is 11.1. The zero-order valence-corrected chi connectivity index (χ0v) is 25.5. The van der Waals surface area contributed by atoms with Crippen molar-refractivity contribution in [2.24, 2.45) is 11.1 Å². The molecule has 1 fully saturated rings. The molecule has 0 aliphatic carbocycles. The average Bonchev–Trinajstić information content (AvgIpc) is 3.51. The van der Waals surface area contributed by atoms with Crippen LogP contribution in [0.5, 0.6) is 0 Å². The standard InChI is InChI=1S/C12H24N2O2.C12H12N2OS.C6H13N/c1-12(2,3)10(9-15)14-11(16)7-5-4-6-8-13;1-9-12(16-8-14-9)11-4-2-10(3-5-11)6-13-7-15;1-6-4-3-5-7(6)2/h9-10H,4-8,13H2,1-3H3,(H,14,16);2-5,7-8H,6H2,1H3,(H,13,15);6H,3-5H2,1-2H3. The van der Waals surface area contributed by atoms with Gasteiger partial charge in [-0.05, 0) is 76.2 Å². The largest absolute Gasteiger partial charge is 0.355 e. The van der Waals surface area contributed by atoms with E-state index in [0.29, 0.717) is 25.9 Å². The van der Waals surface area contributed by atoms with Crippen molar-refractivity contribution in [1.29, 1.82) is 0 Å². The molecule has 39 heavy (non-hydrogen) atoms. The predicted molar refractivity (Wildman–Crippen MR) is 161 cm³/mol. The van der Waals surface area contributed by atoms with Crippen LogP contribution in [0, 0.1) is 12.3 Å². The number of hydrogen-bond donors (Lipinski definition) is 3. The molecular weight excluding hydrogens is 510 g/mol. The summed E-state index contributed by atoms with van der Waals surface area (Å²) in [6.45, 7) is 12.6. The molecule has 1 aromatic carbocycles. The third-order valence-electron chi connectivity index (χ3n) is 6.73. The molecule has 0 radical (unpaired) electrons. The van der Waals surface area contributed by atoms with Crippen LogP contribution in [0.25, 0.3) is 10.4 Å². The van der Waals surface area contributed by atoms with Gasteiger partial charge in [-0.2, -0.15) is 0 Å². The maximum Gasteiger partial charge on any atom is 0.220 e. The number of thiazole rings is 1. The second-order valence-corrected chi connectivity index (χ2v) is 11.9. The predicted octanol–water partition coefficient (Wildman–Crippen LogP) is 4.70. The van der Waals surface area contributed by atoms with Crippen molar-refractivity contribution in [3.63, 3.8) is 0 Å². The number of nitrogens with two attached hydrogens (primary N) is 1. The quantitative estimate of drug-likeness (QED) is 0.271. The van der Waals surface area contributed by atoms with Gasteiger partial charge in [0.25, 0.3) is 0 Å². The molecule has 2 heterocycles. The number of aromatic nitrogens is 1. The normalized spacial score (nSPS) is 15.7. The van der Waals surface area contributed by atoms with E-state index in [1.807, 2.05) is 45.3 Å². The molecule has 9 heteroatoms. The highest BCUT2D eigenvalue weighted by Gasteiger charge is 2.25. The monoisotopic (exact) mass is 559 g/mol. The number of carbonyl (C=O) groups excluding carboxylic acids is 3. The van der Waals surface area contributed by atoms with Crippen LogP contribution >= 0.6 is 11.3 Å². The highest BCUT2D eigenvalue weighted by atomic mass is 32.1. The fourth-order valence-electron chi connectivity index (χ4n) is 3.90. The van der Waals surface area contributed by atoms with Crippen molar-refractivity contribution in [3.05, 3.63) is 41.0 Å². The molecule has 4 N–H and O–H groups in total. The molecule has 0 spiro atoms. The van der Waals surface area contributed by atoms with Gasteiger partial charge in [0, 0.05) is 19.0 Å². The third-order valence-corrected chi connectivity index (χ3v) is 7.71. The van der Waals surface area contributed by atoms with E-state index >= 15 is 0 Å². The lowest BCUT2D eigenvalue weighted by molar-refractivity contribution is -0.125. The Balaban J connectivity index is 0.000000314. The van der Waals surface area contributed by atoms with Gasteiger partial charge < -0.3 is 26.1 Å². The number of amides is 2. The van der Waals surface area contributed by atoms with Crippen molar-refractivity contribution in [2.45, 2.75) is 91.8 Å². The number of nitrogens with zero attached hydrogens (tertiary/aromatic N) is 2. The maximum atomic E-state index is 11.5. The Morgan fingerprint density at radius 2 is 1.90 bits per heavy atom. The van der Waals surface area contributed by atoms with Crippen LogP contribution < -0.4 is 16.4 Å². The molecule has 8 nitrogen and oxygen atoms in total. The SMILES string of the molecule is CC(C)(C)C(C=O)NC(=O)CCCCCN.CC1CCCN1C.Cc1ncsc1-c1ccc(CNC=O)cc1. The fraction of sp³-hybridized carbons (Fsp3) is 0.600. The first-order valence-corrected chi connectivity index (χ1v) is 14.7. The first kappa shape index (κ1) is 34.4. The lowest BCUT2D eigenvalue weighted by Gasteiger charge is -2.26. The summed E-state index contributed by atoms with van der Waals surface area (Å²) >= 11 is 1.64. The number of nitrogens with one attached hydrogen (secondary N) is 2. The van der Waals surface area contributed by atoms with Crippen molar-refractivity contribution in [3.8, 4) is 10.4 Å². The van der Waals surface area contributed by atoms with Crippen molar-refractivity contribution in [2.75, 3.05) is 20.1 Å². The summed E-state index contributed by atoms with van der Waals surface area (Å²) in [6, 6.07) is 8.59. The molecule has 3 rings (SSSR count). The van der Waals surface area contributed by atoms with E-state index in [1.54, 1.807) is 11.3 Å². The smallest absolute Gasteiger partial charge is 0.220 e. The highest BCUT2D eigenvalue weighted by molar-refractivity contribution is 7.13. The van der Waals surface area contributed by atoms with E-state index < -0.39 is 6.04 Å². The summed E-state index contributed by atoms with van der Waals surface area (Å²) in [6.07, 6.45) is 7.53. The molecule has 1 saturated heterocycles. The summed E-state index contributed by atoms with van der Waals surface area (Å²) in [7, 11) is 2.19. The minimum absolute atomic E-state index is 0.0518. The minimum atomic E-state index is -0.408. The van der Waals surface area contributed by atoms with Gasteiger partial charge in [-0.15, -0.1) is 11.3 Å². The van der Waals surface area contributed by atoms with Crippen LogP contribution in [-0.2, 0) is 20.9 Å². The minimum Gasteiger partial charge on any atom is -0.355 e. The van der Waals surface area contributed by atoms with Gasteiger partial charge in [0.2, 0.25) is 12.3 Å². The Labute approximate surface area is 239 Å². The van der Waals surface area contributed by atoms with Gasteiger partial charge in [-0.1, -0.05) is 51.5 Å². The van der Waals surface area contributed by atoms with E-state index in [0.717, 1.165) is 42.8 Å². The van der Waals surface area contributed by atoms with Gasteiger partial charge in [0.15, 0.2) is 0 Å². The lowest BCUT2D eigenvalue weighted by atomic mass is 9.87. The number of hydrogen-bond acceptors (Lipinski definition) is 7. The molecule has 1 aliphatic rings. The van der Waals surface area contributed by atoms with E-state index in [-0.39, 0.29) is 11.3 Å². The number of unbranched alkanes of at least 4 members (excludes halogenated alkanes) is 2. The summed E-state index contributed by atoms with van der Waals surface area (Å²) in [4.78, 5) is 40.3. The molecule has 1 aromatic heterocycles. The molecule has 1 aliphatic heterocycles. The van der Waals surface area contributed by atoms with Gasteiger partial charge in [-0.3, -0.25) is 9.59 Å². The second kappa shape index (κ2) is 18.6. The highest BCUT2D eigenvalue weighted by Crippen LogP contribution is 2.27. The molecule has 2 amide bonds. The zero-order valence-electron chi connectivity index (χ0n) is 24.7. The van der Waals surface area contributed by atoms with Crippen LogP contribution in [0.1, 0.15) is 77.5 Å². The Morgan fingerprint density at radius 3 is 2.33 bits per heavy atom. The van der Waals surface area contributed by atoms with Gasteiger partial charge in [-0.25, -0.2) is 4.98 Å². The Hall–Kier alpha value is -2.62. The molecule has 218 valence electrons. The lowest BCUT2D eigenvalue weighted by Crippen LogP contribution is -2.44. The number of carbonyl (C=O) groups is 3. The van der Waals surface area contributed by atoms with E-state index in [4.69, 9.17) is 5.73 Å². The summed E-state index contributed by atoms with van der Waals surface area (Å²) in [5.74, 6) is -0.0518. The average molecular weight is 560 g/mol. The Kier molecular flexibility index (Phi) is 16.4. The fourth-order valence-corrected chi connectivity index (χ4v) is 4.71. The summed E-state index contributed by atoms with van der Waals surface area (Å²) in [5, 5.41) is 5.39. The van der Waals surface area contributed by atoms with Crippen molar-refractivity contribution < 1.29 is 14.4 Å². The summed E-state index contributed by atoms with van der Waals surface area (Å²) < 4.78 is 0. The number of aryl methyl sites for hydroxylation is 1. The molecule has 2 atom stereocenters. The first-order valence-electron chi connectivity index (χ1n) is 13.8. The molecule has 0 saturated carbocycles. The number of benzene rings is 1. The third kappa shape index (κ3) is 13.8. The molecule has 0 bridgehead atoms. The van der Waals surface area contributed by atoms with E-state index in [9.17, 15) is 14.4 Å². The van der Waals surface area contributed by atoms with Crippen LogP contribution in [0.4, 0.5) is 0 Å². The Morgan fingerprint density at radius 1 is 1.21 bits per heavy atom. The number of aldehydes is 1. The summed E-state index contributed by atoms with van der Waals surface area (Å²) in [5.41, 5.74) is 10.3. The molecule has 2 aromatic rings. The van der Waals surface area contributed by atoms with E-state index in [1.165, 1.54) is 29.8 Å². The number of rotatable bonds is 11. The van der Waals surface area contributed by atoms with Crippen LogP contribution in [0.15, 0.2) is 29.8 Å². The van der Waals surface area contributed by atoms with Crippen molar-refractivity contribution >= 4 is 29.9 Å². The zero-order chi connectivity index (χ0) is 29.3. The van der Waals surface area contributed by atoms with Crippen LogP contribution in [0.3, 0.4) is 0 Å². The van der Waals surface area contributed by atoms with Gasteiger partial charge in [0.05, 0.1) is 22.1 Å². The topological polar surface area (TPSA) is 117 Å². The van der Waals surface area contributed by atoms with Crippen LogP contribution in [0.2, 0.25) is 0 Å². The Bertz CT molecular complexity index is 964.